The highest BCUT2D eigenvalue weighted by Crippen LogP contribution is 2.32. The van der Waals surface area contributed by atoms with Crippen molar-refractivity contribution in [2.24, 2.45) is 17.8 Å². The topological polar surface area (TPSA) is 49.3 Å². The fourth-order valence-electron chi connectivity index (χ4n) is 4.36. The van der Waals surface area contributed by atoms with Crippen LogP contribution in [0.4, 0.5) is 0 Å². The first kappa shape index (κ1) is 23.7. The number of carbonyl (C=O) groups is 1. The minimum atomic E-state index is -0.423. The number of hydrogen-bond donors (Lipinski definition) is 2. The van der Waals surface area contributed by atoms with Gasteiger partial charge in [0.25, 0.3) is 0 Å². The highest BCUT2D eigenvalue weighted by atomic mass is 16.3. The van der Waals surface area contributed by atoms with E-state index in [1.807, 2.05) is 36.4 Å². The Bertz CT molecular complexity index is 915. The molecule has 2 aromatic rings. The molecule has 3 heteroatoms. The number of hydrogen-bond acceptors (Lipinski definition) is 2. The van der Waals surface area contributed by atoms with Crippen molar-refractivity contribution in [3.05, 3.63) is 108 Å². The number of aliphatic hydroxyl groups is 1. The number of aryl methyl sites for hydroxylation is 1. The summed E-state index contributed by atoms with van der Waals surface area (Å²) < 4.78 is 0. The second kappa shape index (κ2) is 12.8. The minimum Gasteiger partial charge on any atom is -0.396 e. The maximum Gasteiger partial charge on any atom is 0.225 e. The summed E-state index contributed by atoms with van der Waals surface area (Å²) in [5.74, 6) is -0.137. The van der Waals surface area contributed by atoms with E-state index < -0.39 is 5.92 Å². The van der Waals surface area contributed by atoms with Crippen LogP contribution in [0, 0.1) is 17.8 Å². The lowest BCUT2D eigenvalue weighted by atomic mass is 9.76. The molecular formula is C29H35NO2. The number of nitrogens with one attached hydrogen (secondary N) is 1. The molecule has 168 valence electrons. The molecular weight excluding hydrogens is 394 g/mol. The van der Waals surface area contributed by atoms with E-state index in [0.717, 1.165) is 31.2 Å². The van der Waals surface area contributed by atoms with Crippen LogP contribution in [0.15, 0.2) is 96.6 Å². The number of amides is 1. The van der Waals surface area contributed by atoms with Crippen LogP contribution in [0.25, 0.3) is 0 Å². The van der Waals surface area contributed by atoms with Gasteiger partial charge in [-0.05, 0) is 48.6 Å². The Balaban J connectivity index is 1.69. The van der Waals surface area contributed by atoms with Crippen LogP contribution in [-0.4, -0.2) is 17.6 Å². The molecule has 1 amide bonds. The zero-order chi connectivity index (χ0) is 22.6. The van der Waals surface area contributed by atoms with Crippen LogP contribution in [0.2, 0.25) is 0 Å². The van der Waals surface area contributed by atoms with Gasteiger partial charge in [-0.2, -0.15) is 0 Å². The lowest BCUT2D eigenvalue weighted by Crippen LogP contribution is -2.38. The summed E-state index contributed by atoms with van der Waals surface area (Å²) in [6.07, 6.45) is 14.6. The lowest BCUT2D eigenvalue weighted by Gasteiger charge is -2.30. The van der Waals surface area contributed by atoms with E-state index in [2.05, 4.69) is 66.9 Å². The Morgan fingerprint density at radius 3 is 2.38 bits per heavy atom. The molecule has 0 radical (unpaired) electrons. The Kier molecular flexibility index (Phi) is 9.52. The standard InChI is InChI=1S/C29H35NO2/c1-23(28(22-31)29(32)30-21-26-16-10-5-11-17-26)27(19-18-24-12-8-4-9-13-24)20-25-14-6-2-3-7-15-25/h2-6,8-17,23,27-28,31H,7,18-22H2,1H3,(H,30,32). The first-order valence-electron chi connectivity index (χ1n) is 11.7. The summed E-state index contributed by atoms with van der Waals surface area (Å²) in [5, 5.41) is 13.2. The van der Waals surface area contributed by atoms with Crippen molar-refractivity contribution in [3.63, 3.8) is 0 Å². The molecule has 0 fully saturated rings. The second-order valence-electron chi connectivity index (χ2n) is 8.64. The van der Waals surface area contributed by atoms with Crippen LogP contribution < -0.4 is 5.32 Å². The SMILES string of the molecule is CC(C(CCc1ccccc1)CC1=CCC=CC=C1)C(CO)C(=O)NCc1ccccc1. The van der Waals surface area contributed by atoms with E-state index in [4.69, 9.17) is 0 Å². The molecule has 0 spiro atoms. The highest BCUT2D eigenvalue weighted by Gasteiger charge is 2.30. The zero-order valence-corrected chi connectivity index (χ0v) is 19.0. The molecule has 3 rings (SSSR count). The summed E-state index contributed by atoms with van der Waals surface area (Å²) in [7, 11) is 0. The van der Waals surface area contributed by atoms with Crippen molar-refractivity contribution in [1.29, 1.82) is 0 Å². The van der Waals surface area contributed by atoms with Crippen LogP contribution in [0.5, 0.6) is 0 Å². The van der Waals surface area contributed by atoms with Crippen molar-refractivity contribution in [3.8, 4) is 0 Å². The first-order chi connectivity index (χ1) is 15.7. The molecule has 0 bridgehead atoms. The Labute approximate surface area is 192 Å². The van der Waals surface area contributed by atoms with Gasteiger partial charge in [-0.3, -0.25) is 4.79 Å². The Morgan fingerprint density at radius 2 is 1.69 bits per heavy atom. The van der Waals surface area contributed by atoms with Gasteiger partial charge in [-0.15, -0.1) is 0 Å². The first-order valence-corrected chi connectivity index (χ1v) is 11.7. The molecule has 3 unspecified atom stereocenters. The molecule has 32 heavy (non-hydrogen) atoms. The van der Waals surface area contributed by atoms with Crippen molar-refractivity contribution < 1.29 is 9.90 Å². The van der Waals surface area contributed by atoms with E-state index >= 15 is 0 Å². The van der Waals surface area contributed by atoms with Crippen LogP contribution >= 0.6 is 0 Å². The molecule has 3 atom stereocenters. The largest absolute Gasteiger partial charge is 0.396 e. The third kappa shape index (κ3) is 7.35. The Morgan fingerprint density at radius 1 is 1.00 bits per heavy atom. The third-order valence-corrected chi connectivity index (χ3v) is 6.44. The fraction of sp³-hybridized carbons (Fsp3) is 0.345. The second-order valence-corrected chi connectivity index (χ2v) is 8.64. The molecule has 0 aliphatic heterocycles. The van der Waals surface area contributed by atoms with Gasteiger partial charge in [-0.25, -0.2) is 0 Å². The zero-order valence-electron chi connectivity index (χ0n) is 19.0. The number of aliphatic hydroxyl groups excluding tert-OH is 1. The van der Waals surface area contributed by atoms with Gasteiger partial charge in [0.05, 0.1) is 12.5 Å². The van der Waals surface area contributed by atoms with Gasteiger partial charge in [0, 0.05) is 6.54 Å². The van der Waals surface area contributed by atoms with Crippen LogP contribution in [-0.2, 0) is 17.8 Å². The van der Waals surface area contributed by atoms with Crippen molar-refractivity contribution in [2.75, 3.05) is 6.61 Å². The predicted molar refractivity (Wildman–Crippen MR) is 132 cm³/mol. The van der Waals surface area contributed by atoms with Crippen molar-refractivity contribution in [1.82, 2.24) is 5.32 Å². The molecule has 1 aliphatic carbocycles. The number of allylic oxidation sites excluding steroid dienone is 6. The smallest absolute Gasteiger partial charge is 0.225 e. The monoisotopic (exact) mass is 429 g/mol. The van der Waals surface area contributed by atoms with Gasteiger partial charge in [0.2, 0.25) is 5.91 Å². The van der Waals surface area contributed by atoms with Gasteiger partial charge < -0.3 is 10.4 Å². The van der Waals surface area contributed by atoms with Gasteiger partial charge in [0.15, 0.2) is 0 Å². The number of rotatable bonds is 11. The highest BCUT2D eigenvalue weighted by molar-refractivity contribution is 5.79. The maximum atomic E-state index is 13.0. The van der Waals surface area contributed by atoms with Crippen LogP contribution in [0.3, 0.4) is 0 Å². The predicted octanol–water partition coefficient (Wildman–Crippen LogP) is 5.63. The average Bonchev–Trinajstić information content (AvgIpc) is 3.11. The van der Waals surface area contributed by atoms with Gasteiger partial charge in [0.1, 0.15) is 0 Å². The lowest BCUT2D eigenvalue weighted by molar-refractivity contribution is -0.129. The normalized spacial score (nSPS) is 16.0. The van der Waals surface area contributed by atoms with Crippen molar-refractivity contribution >= 4 is 5.91 Å². The quantitative estimate of drug-likeness (QED) is 0.486. The van der Waals surface area contributed by atoms with E-state index in [1.54, 1.807) is 0 Å². The summed E-state index contributed by atoms with van der Waals surface area (Å²) >= 11 is 0. The fourth-order valence-corrected chi connectivity index (χ4v) is 4.36. The molecule has 0 saturated heterocycles. The van der Waals surface area contributed by atoms with E-state index in [-0.39, 0.29) is 18.4 Å². The molecule has 1 aliphatic rings. The number of benzene rings is 2. The molecule has 2 aromatic carbocycles. The third-order valence-electron chi connectivity index (χ3n) is 6.44. The van der Waals surface area contributed by atoms with E-state index in [9.17, 15) is 9.90 Å². The number of carbonyl (C=O) groups excluding carboxylic acids is 1. The Hall–Kier alpha value is -2.91. The summed E-state index contributed by atoms with van der Waals surface area (Å²) in [6.45, 7) is 2.47. The molecule has 0 heterocycles. The summed E-state index contributed by atoms with van der Waals surface area (Å²) in [5.41, 5.74) is 3.68. The molecule has 0 aromatic heterocycles. The summed E-state index contributed by atoms with van der Waals surface area (Å²) in [6, 6.07) is 20.4. The average molecular weight is 430 g/mol. The minimum absolute atomic E-state index is 0.0602. The molecule has 2 N–H and O–H groups in total. The molecule has 0 saturated carbocycles. The van der Waals surface area contributed by atoms with Gasteiger partial charge in [-0.1, -0.05) is 104 Å². The summed E-state index contributed by atoms with van der Waals surface area (Å²) in [4.78, 5) is 13.0. The maximum absolute atomic E-state index is 13.0. The van der Waals surface area contributed by atoms with Gasteiger partial charge >= 0.3 is 0 Å². The van der Waals surface area contributed by atoms with Crippen LogP contribution in [0.1, 0.15) is 37.3 Å². The van der Waals surface area contributed by atoms with Crippen molar-refractivity contribution in [2.45, 2.75) is 39.2 Å². The van der Waals surface area contributed by atoms with E-state index in [1.165, 1.54) is 11.1 Å². The van der Waals surface area contributed by atoms with E-state index in [0.29, 0.717) is 12.5 Å². The molecule has 3 nitrogen and oxygen atoms in total.